The lowest BCUT2D eigenvalue weighted by Gasteiger charge is -2.37. The molecule has 1 saturated heterocycles. The maximum absolute atomic E-state index is 13.5. The molecule has 162 valence electrons. The summed E-state index contributed by atoms with van der Waals surface area (Å²) in [7, 11) is 0. The van der Waals surface area contributed by atoms with Gasteiger partial charge < -0.3 is 0 Å². The number of carbonyl (C=O) groups is 3. The van der Waals surface area contributed by atoms with Crippen molar-refractivity contribution < 1.29 is 14.4 Å². The number of amides is 3. The zero-order chi connectivity index (χ0) is 22.1. The Kier molecular flexibility index (Phi) is 4.34. The van der Waals surface area contributed by atoms with Gasteiger partial charge >= 0.3 is 0 Å². The van der Waals surface area contributed by atoms with Crippen LogP contribution in [-0.4, -0.2) is 29.3 Å². The molecular formula is C26H23ClN2O3. The monoisotopic (exact) mass is 446 g/mol. The minimum Gasteiger partial charge on any atom is -0.289 e. The van der Waals surface area contributed by atoms with Crippen LogP contribution >= 0.6 is 11.6 Å². The zero-order valence-corrected chi connectivity index (χ0v) is 18.4. The number of benzene rings is 2. The molecule has 0 radical (unpaired) electrons. The Hall–Kier alpha value is -2.92. The van der Waals surface area contributed by atoms with Crippen LogP contribution in [-0.2, 0) is 9.59 Å². The quantitative estimate of drug-likeness (QED) is 0.519. The number of likely N-dealkylation sites (tertiary alicyclic amines) is 1. The normalized spacial score (nSPS) is 31.5. The van der Waals surface area contributed by atoms with Gasteiger partial charge in [0.2, 0.25) is 11.8 Å². The number of carbonyl (C=O) groups excluding carboxylic acids is 3. The standard InChI is InChI=1S/C26H23ClN2O3/c1-14-7-8-16(11-21(14)27)28(24(30)15-5-3-2-4-6-15)13-29-25(31)22-17-9-10-18(20-12-19(17)20)23(22)26(29)32/h2-11,17-20,22-23H,12-13H2,1H3/t17-,18-,19-,20-,22+,23+/m0/s1. The molecule has 2 bridgehead atoms. The fourth-order valence-electron chi connectivity index (χ4n) is 6.05. The number of anilines is 1. The Balaban J connectivity index is 1.35. The zero-order valence-electron chi connectivity index (χ0n) is 17.6. The number of rotatable bonds is 4. The lowest BCUT2D eigenvalue weighted by atomic mass is 9.63. The van der Waals surface area contributed by atoms with Crippen molar-refractivity contribution in [2.24, 2.45) is 35.5 Å². The van der Waals surface area contributed by atoms with Gasteiger partial charge in [-0.3, -0.25) is 24.2 Å². The Morgan fingerprint density at radius 3 is 2.22 bits per heavy atom. The van der Waals surface area contributed by atoms with Crippen molar-refractivity contribution in [3.05, 3.63) is 76.8 Å². The van der Waals surface area contributed by atoms with E-state index in [4.69, 9.17) is 11.6 Å². The van der Waals surface area contributed by atoms with Gasteiger partial charge in [-0.05, 0) is 66.8 Å². The van der Waals surface area contributed by atoms with Gasteiger partial charge in [0.25, 0.3) is 5.91 Å². The number of hydrogen-bond donors (Lipinski definition) is 0. The van der Waals surface area contributed by atoms with Gasteiger partial charge in [0.15, 0.2) is 0 Å². The van der Waals surface area contributed by atoms with Crippen molar-refractivity contribution in [3.63, 3.8) is 0 Å². The topological polar surface area (TPSA) is 57.7 Å². The van der Waals surface area contributed by atoms with E-state index in [1.807, 2.05) is 19.1 Å². The third-order valence-corrected chi connectivity index (χ3v) is 8.18. The lowest BCUT2D eigenvalue weighted by Crippen LogP contribution is -2.45. The van der Waals surface area contributed by atoms with Crippen LogP contribution in [0.1, 0.15) is 22.3 Å². The second kappa shape index (κ2) is 7.04. The highest BCUT2D eigenvalue weighted by molar-refractivity contribution is 6.31. The summed E-state index contributed by atoms with van der Waals surface area (Å²) in [5.41, 5.74) is 1.95. The van der Waals surface area contributed by atoms with Crippen LogP contribution in [0.15, 0.2) is 60.7 Å². The number of hydrogen-bond acceptors (Lipinski definition) is 3. The summed E-state index contributed by atoms with van der Waals surface area (Å²) < 4.78 is 0. The van der Waals surface area contributed by atoms with Crippen molar-refractivity contribution in [1.29, 1.82) is 0 Å². The highest BCUT2D eigenvalue weighted by atomic mass is 35.5. The average molecular weight is 447 g/mol. The molecule has 6 atom stereocenters. The van der Waals surface area contributed by atoms with Crippen LogP contribution in [0.2, 0.25) is 5.02 Å². The van der Waals surface area contributed by atoms with Crippen LogP contribution in [0.25, 0.3) is 0 Å². The Bertz CT molecular complexity index is 1140. The third kappa shape index (κ3) is 2.80. The number of imide groups is 1. The Labute approximate surface area is 191 Å². The minimum absolute atomic E-state index is 0.105. The molecule has 3 amide bonds. The molecule has 2 aromatic rings. The minimum atomic E-state index is -0.281. The van der Waals surface area contributed by atoms with Crippen molar-refractivity contribution in [2.75, 3.05) is 11.6 Å². The van der Waals surface area contributed by atoms with Crippen LogP contribution in [0.4, 0.5) is 5.69 Å². The van der Waals surface area contributed by atoms with Gasteiger partial charge in [-0.2, -0.15) is 0 Å². The largest absolute Gasteiger partial charge is 0.289 e. The lowest BCUT2D eigenvalue weighted by molar-refractivity contribution is -0.140. The first-order valence-electron chi connectivity index (χ1n) is 11.1. The maximum Gasteiger partial charge on any atom is 0.259 e. The van der Waals surface area contributed by atoms with Gasteiger partial charge in [-0.1, -0.05) is 48.0 Å². The van der Waals surface area contributed by atoms with Gasteiger partial charge in [0.1, 0.15) is 6.67 Å². The van der Waals surface area contributed by atoms with Crippen LogP contribution in [0, 0.1) is 42.4 Å². The summed E-state index contributed by atoms with van der Waals surface area (Å²) >= 11 is 6.36. The van der Waals surface area contributed by atoms with E-state index in [1.54, 1.807) is 36.4 Å². The van der Waals surface area contributed by atoms with E-state index in [-0.39, 0.29) is 48.1 Å². The van der Waals surface area contributed by atoms with Crippen LogP contribution in [0.3, 0.4) is 0 Å². The van der Waals surface area contributed by atoms with Gasteiger partial charge in [0, 0.05) is 16.3 Å². The SMILES string of the molecule is Cc1ccc(N(CN2C(=O)[C@@H]3[C@H]4C=C[C@@H]([C@@H]5C[C@@H]45)[C@H]3C2=O)C(=O)c2ccccc2)cc1Cl. The highest BCUT2D eigenvalue weighted by Crippen LogP contribution is 2.65. The second-order valence-corrected chi connectivity index (χ2v) is 9.84. The van der Waals surface area contributed by atoms with E-state index in [9.17, 15) is 14.4 Å². The Morgan fingerprint density at radius 1 is 1.00 bits per heavy atom. The molecule has 0 N–H and O–H groups in total. The van der Waals surface area contributed by atoms with Crippen molar-refractivity contribution in [2.45, 2.75) is 13.3 Å². The van der Waals surface area contributed by atoms with E-state index >= 15 is 0 Å². The smallest absolute Gasteiger partial charge is 0.259 e. The Morgan fingerprint density at radius 2 is 1.62 bits per heavy atom. The molecule has 1 aliphatic heterocycles. The predicted molar refractivity (Wildman–Crippen MR) is 121 cm³/mol. The third-order valence-electron chi connectivity index (χ3n) is 7.77. The number of nitrogens with zero attached hydrogens (tertiary/aromatic N) is 2. The van der Waals surface area contributed by atoms with E-state index in [0.29, 0.717) is 28.1 Å². The molecule has 32 heavy (non-hydrogen) atoms. The first-order valence-corrected chi connectivity index (χ1v) is 11.5. The highest BCUT2D eigenvalue weighted by Gasteiger charge is 2.67. The molecule has 1 heterocycles. The van der Waals surface area contributed by atoms with E-state index in [1.165, 1.54) is 9.80 Å². The van der Waals surface area contributed by atoms with Gasteiger partial charge in [-0.15, -0.1) is 0 Å². The molecule has 6 heteroatoms. The van der Waals surface area contributed by atoms with Gasteiger partial charge in [0.05, 0.1) is 11.8 Å². The van der Waals surface area contributed by atoms with Crippen molar-refractivity contribution in [1.82, 2.24) is 4.90 Å². The van der Waals surface area contributed by atoms with Crippen LogP contribution in [0.5, 0.6) is 0 Å². The molecule has 2 aromatic carbocycles. The molecule has 0 aromatic heterocycles. The van der Waals surface area contributed by atoms with Crippen molar-refractivity contribution in [3.8, 4) is 0 Å². The summed E-state index contributed by atoms with van der Waals surface area (Å²) in [6, 6.07) is 14.3. The summed E-state index contributed by atoms with van der Waals surface area (Å²) in [4.78, 5) is 43.2. The average Bonchev–Trinajstić information content (AvgIpc) is 3.59. The molecule has 5 nitrogen and oxygen atoms in total. The molecule has 3 fully saturated rings. The van der Waals surface area contributed by atoms with E-state index < -0.39 is 0 Å². The number of aryl methyl sites for hydroxylation is 1. The molecule has 5 aliphatic rings. The summed E-state index contributed by atoms with van der Waals surface area (Å²) in [6.07, 6.45) is 5.43. The number of allylic oxidation sites excluding steroid dienone is 2. The first-order chi connectivity index (χ1) is 15.5. The molecule has 7 rings (SSSR count). The second-order valence-electron chi connectivity index (χ2n) is 9.43. The fraction of sp³-hybridized carbons (Fsp3) is 0.346. The first kappa shape index (κ1) is 19.7. The summed E-state index contributed by atoms with van der Waals surface area (Å²) in [6.45, 7) is 1.79. The van der Waals surface area contributed by atoms with Crippen LogP contribution < -0.4 is 4.90 Å². The van der Waals surface area contributed by atoms with Crippen molar-refractivity contribution >= 4 is 35.0 Å². The van der Waals surface area contributed by atoms with Gasteiger partial charge in [-0.25, -0.2) is 0 Å². The molecule has 4 aliphatic carbocycles. The molecule has 0 unspecified atom stereocenters. The maximum atomic E-state index is 13.5. The van der Waals surface area contributed by atoms with E-state index in [2.05, 4.69) is 12.2 Å². The predicted octanol–water partition coefficient (Wildman–Crippen LogP) is 4.31. The fourth-order valence-corrected chi connectivity index (χ4v) is 6.22. The molecule has 2 saturated carbocycles. The summed E-state index contributed by atoms with van der Waals surface area (Å²) in [5.74, 6) is 0.273. The summed E-state index contributed by atoms with van der Waals surface area (Å²) in [5, 5.41) is 0.531. The molecule has 0 spiro atoms. The molecular weight excluding hydrogens is 424 g/mol. The number of halogens is 1. The van der Waals surface area contributed by atoms with E-state index in [0.717, 1.165) is 12.0 Å².